The predicted molar refractivity (Wildman–Crippen MR) is 33.3 cm³/mol. The summed E-state index contributed by atoms with van der Waals surface area (Å²) in [5.41, 5.74) is 0. The molecule has 42 valence electrons. The van der Waals surface area contributed by atoms with Crippen LogP contribution in [-0.4, -0.2) is 0 Å². The Balaban J connectivity index is 0. The molecule has 0 N–H and O–H groups in total. The number of hydrogen-bond acceptors (Lipinski definition) is 0. The second-order valence-electron chi connectivity index (χ2n) is 0.962. The van der Waals surface area contributed by atoms with Crippen LogP contribution in [0.4, 0.5) is 0 Å². The van der Waals surface area contributed by atoms with Gasteiger partial charge in [0.25, 0.3) is 0 Å². The monoisotopic (exact) mass is 183 g/mol. The molecule has 0 radical (unpaired) electrons. The van der Waals surface area contributed by atoms with E-state index in [4.69, 9.17) is 0 Å². The average Bonchev–Trinajstić information content (AvgIpc) is 2.23. The smallest absolute Gasteiger partial charge is 0 e. The van der Waals surface area contributed by atoms with Crippen LogP contribution in [0.1, 0.15) is 0 Å². The average molecular weight is 184 g/mol. The maximum Gasteiger partial charge on any atom is 0 e. The molecule has 1 heteroatoms. The third-order valence-electron chi connectivity index (χ3n) is 0.556. The molecule has 1 aromatic carbocycles. The van der Waals surface area contributed by atoms with Crippen LogP contribution in [0, 0.1) is 0 Å². The van der Waals surface area contributed by atoms with Crippen molar-refractivity contribution in [2.75, 3.05) is 0 Å². The largest absolute Gasteiger partial charge is 0.214 e. The first-order valence-electron chi connectivity index (χ1n) is 2.17. The minimum atomic E-state index is 0. The molecular formula is C7H9Zr-. The van der Waals surface area contributed by atoms with Crippen molar-refractivity contribution in [1.29, 1.82) is 0 Å². The van der Waals surface area contributed by atoms with E-state index in [1.165, 1.54) is 0 Å². The van der Waals surface area contributed by atoms with E-state index in [0.717, 1.165) is 0 Å². The van der Waals surface area contributed by atoms with Gasteiger partial charge in [-0.25, -0.2) is 12.1 Å². The summed E-state index contributed by atoms with van der Waals surface area (Å²) in [6, 6.07) is 10.0. The zero-order valence-corrected chi connectivity index (χ0v) is 7.26. The van der Waals surface area contributed by atoms with Crippen molar-refractivity contribution >= 4 is 0 Å². The summed E-state index contributed by atoms with van der Waals surface area (Å²) in [7, 11) is 0. The van der Waals surface area contributed by atoms with E-state index < -0.39 is 0 Å². The summed E-state index contributed by atoms with van der Waals surface area (Å²) in [5, 5.41) is 0. The molecule has 0 bridgehead atoms. The summed E-state index contributed by atoms with van der Waals surface area (Å²) < 4.78 is 0. The third-order valence-corrected chi connectivity index (χ3v) is 0.556. The molecule has 0 saturated heterocycles. The van der Waals surface area contributed by atoms with Crippen molar-refractivity contribution in [3.8, 4) is 0 Å². The molecule has 1 rings (SSSR count). The fourth-order valence-electron chi connectivity index (χ4n) is 0.321. The van der Waals surface area contributed by atoms with E-state index in [9.17, 15) is 0 Å². The zero-order chi connectivity index (χ0) is 5.54. The fraction of sp³-hybridized carbons (Fsp3) is 0. The fourth-order valence-corrected chi connectivity index (χ4v) is 0.321. The van der Waals surface area contributed by atoms with Gasteiger partial charge in [-0.3, -0.25) is 0 Å². The molecule has 0 heterocycles. The Morgan fingerprint density at radius 1 is 1.00 bits per heavy atom. The molecule has 0 fully saturated rings. The molecule has 0 saturated carbocycles. The maximum absolute atomic E-state index is 3.00. The topological polar surface area (TPSA) is 0 Å². The summed E-state index contributed by atoms with van der Waals surface area (Å²) in [6.07, 6.45) is 0. The molecule has 0 amide bonds. The number of hydrogen-bond donors (Lipinski definition) is 0. The van der Waals surface area contributed by atoms with Gasteiger partial charge in [-0.15, -0.1) is 13.2 Å². The van der Waals surface area contributed by atoms with Gasteiger partial charge in [0.2, 0.25) is 0 Å². The van der Waals surface area contributed by atoms with Gasteiger partial charge < -0.3 is 0 Å². The molecule has 0 atom stereocenters. The van der Waals surface area contributed by atoms with Crippen molar-refractivity contribution < 1.29 is 26.2 Å². The van der Waals surface area contributed by atoms with Crippen molar-refractivity contribution in [2.24, 2.45) is 0 Å². The summed E-state index contributed by atoms with van der Waals surface area (Å²) in [5.74, 6) is 0. The summed E-state index contributed by atoms with van der Waals surface area (Å²) in [4.78, 5) is 0. The van der Waals surface area contributed by atoms with Crippen LogP contribution in [0.5, 0.6) is 0 Å². The minimum absolute atomic E-state index is 0. The Labute approximate surface area is 69.7 Å². The SMILES string of the molecule is C=C.[Zr].c1cc[cH-]c1. The molecule has 0 aliphatic heterocycles. The van der Waals surface area contributed by atoms with E-state index in [2.05, 4.69) is 13.2 Å². The van der Waals surface area contributed by atoms with Gasteiger partial charge in [0, 0.05) is 26.2 Å². The Bertz CT molecular complexity index is 71.3. The van der Waals surface area contributed by atoms with Gasteiger partial charge in [0.15, 0.2) is 0 Å². The van der Waals surface area contributed by atoms with E-state index in [1.807, 2.05) is 30.3 Å². The van der Waals surface area contributed by atoms with Crippen LogP contribution in [0.2, 0.25) is 0 Å². The van der Waals surface area contributed by atoms with E-state index in [1.54, 1.807) is 0 Å². The first-order valence-corrected chi connectivity index (χ1v) is 2.17. The van der Waals surface area contributed by atoms with E-state index in [0.29, 0.717) is 0 Å². The van der Waals surface area contributed by atoms with Gasteiger partial charge in [-0.2, -0.15) is 18.2 Å². The van der Waals surface area contributed by atoms with Crippen molar-refractivity contribution in [2.45, 2.75) is 0 Å². The second kappa shape index (κ2) is 10.1. The molecular weight excluding hydrogens is 175 g/mol. The molecule has 0 aliphatic carbocycles. The standard InChI is InChI=1S/C5H5.C2H4.Zr/c1-2-4-5-3-1;1-2;/h1-5H;1-2H2;/q-1;;. The van der Waals surface area contributed by atoms with Crippen LogP contribution in [0.25, 0.3) is 0 Å². The Morgan fingerprint density at radius 2 is 1.38 bits per heavy atom. The number of rotatable bonds is 0. The van der Waals surface area contributed by atoms with Crippen LogP contribution in [0.15, 0.2) is 43.5 Å². The Morgan fingerprint density at radius 3 is 1.50 bits per heavy atom. The predicted octanol–water partition coefficient (Wildman–Crippen LogP) is 2.21. The second-order valence-corrected chi connectivity index (χ2v) is 0.962. The van der Waals surface area contributed by atoms with E-state index >= 15 is 0 Å². The Kier molecular flexibility index (Phi) is 13.7. The van der Waals surface area contributed by atoms with Gasteiger partial charge in [0.1, 0.15) is 0 Å². The first-order chi connectivity index (χ1) is 3.50. The summed E-state index contributed by atoms with van der Waals surface area (Å²) >= 11 is 0. The van der Waals surface area contributed by atoms with Crippen LogP contribution >= 0.6 is 0 Å². The maximum atomic E-state index is 3.00. The third kappa shape index (κ3) is 5.97. The van der Waals surface area contributed by atoms with Gasteiger partial charge in [0.05, 0.1) is 0 Å². The van der Waals surface area contributed by atoms with Crippen molar-refractivity contribution in [1.82, 2.24) is 0 Å². The molecule has 8 heavy (non-hydrogen) atoms. The van der Waals surface area contributed by atoms with Gasteiger partial charge in [-0.1, -0.05) is 0 Å². The molecule has 1 aromatic rings. The summed E-state index contributed by atoms with van der Waals surface area (Å²) in [6.45, 7) is 6.00. The minimum Gasteiger partial charge on any atom is -0.214 e. The normalized spacial score (nSPS) is 5.50. The van der Waals surface area contributed by atoms with Crippen LogP contribution < -0.4 is 0 Å². The van der Waals surface area contributed by atoms with E-state index in [-0.39, 0.29) is 26.2 Å². The Hall–Kier alpha value is -0.0269. The van der Waals surface area contributed by atoms with Crippen LogP contribution in [-0.2, 0) is 26.2 Å². The molecule has 0 unspecified atom stereocenters. The first kappa shape index (κ1) is 10.9. The molecule has 0 aliphatic rings. The van der Waals surface area contributed by atoms with Crippen molar-refractivity contribution in [3.63, 3.8) is 0 Å². The van der Waals surface area contributed by atoms with Crippen molar-refractivity contribution in [3.05, 3.63) is 43.5 Å². The molecule has 0 spiro atoms. The molecule has 0 aromatic heterocycles. The zero-order valence-electron chi connectivity index (χ0n) is 4.80. The molecule has 0 nitrogen and oxygen atoms in total. The quantitative estimate of drug-likeness (QED) is 0.428. The van der Waals surface area contributed by atoms with Gasteiger partial charge >= 0.3 is 0 Å². The van der Waals surface area contributed by atoms with Gasteiger partial charge in [-0.05, 0) is 0 Å². The van der Waals surface area contributed by atoms with Crippen LogP contribution in [0.3, 0.4) is 0 Å².